The average Bonchev–Trinajstić information content (AvgIpc) is 3.48. The lowest BCUT2D eigenvalue weighted by molar-refractivity contribution is 0.0526. The molecule has 2 aromatic carbocycles. The first-order valence-electron chi connectivity index (χ1n) is 12.4. The van der Waals surface area contributed by atoms with Gasteiger partial charge in [-0.25, -0.2) is 4.79 Å². The Balaban J connectivity index is 1.78. The molecule has 11 heteroatoms. The van der Waals surface area contributed by atoms with Crippen LogP contribution in [0.25, 0.3) is 27.7 Å². The molecule has 206 valence electrons. The van der Waals surface area contributed by atoms with Crippen LogP contribution in [0.3, 0.4) is 0 Å². The van der Waals surface area contributed by atoms with Gasteiger partial charge in [-0.05, 0) is 42.8 Å². The van der Waals surface area contributed by atoms with Crippen molar-refractivity contribution in [3.63, 3.8) is 0 Å². The Morgan fingerprint density at radius 3 is 2.35 bits per heavy atom. The van der Waals surface area contributed by atoms with E-state index in [1.165, 1.54) is 11.8 Å². The number of carbonyl (C=O) groups excluding carboxylic acids is 1. The summed E-state index contributed by atoms with van der Waals surface area (Å²) in [6, 6.07) is 14.9. The molecule has 10 nitrogen and oxygen atoms in total. The smallest absolute Gasteiger partial charge is 0.340 e. The SMILES string of the molecule is CCOC(=O)c1c(CSc2cccc3nncn23)nc2cc(OC)c(OC)cc2c1-c1ccc(OC)c(OC)c1. The van der Waals surface area contributed by atoms with Gasteiger partial charge in [0.25, 0.3) is 0 Å². The van der Waals surface area contributed by atoms with Gasteiger partial charge in [-0.3, -0.25) is 9.38 Å². The summed E-state index contributed by atoms with van der Waals surface area (Å²) in [5.41, 5.74) is 3.64. The molecule has 3 heterocycles. The van der Waals surface area contributed by atoms with Crippen LogP contribution < -0.4 is 18.9 Å². The number of carbonyl (C=O) groups is 1. The van der Waals surface area contributed by atoms with Crippen LogP contribution in [0.2, 0.25) is 0 Å². The van der Waals surface area contributed by atoms with E-state index in [2.05, 4.69) is 10.2 Å². The summed E-state index contributed by atoms with van der Waals surface area (Å²) < 4.78 is 29.7. The van der Waals surface area contributed by atoms with Gasteiger partial charge in [0.1, 0.15) is 6.33 Å². The van der Waals surface area contributed by atoms with E-state index in [1.54, 1.807) is 47.8 Å². The molecule has 0 spiro atoms. The predicted octanol–water partition coefficient (Wildman–Crippen LogP) is 5.45. The van der Waals surface area contributed by atoms with Crippen molar-refractivity contribution in [1.82, 2.24) is 19.6 Å². The van der Waals surface area contributed by atoms with E-state index in [4.69, 9.17) is 28.7 Å². The number of pyridine rings is 2. The van der Waals surface area contributed by atoms with Gasteiger partial charge in [-0.15, -0.1) is 22.0 Å². The molecule has 5 aromatic rings. The first-order valence-corrected chi connectivity index (χ1v) is 13.4. The van der Waals surface area contributed by atoms with Crippen LogP contribution in [-0.2, 0) is 10.5 Å². The van der Waals surface area contributed by atoms with E-state index in [0.29, 0.717) is 56.5 Å². The Morgan fingerprint density at radius 1 is 0.900 bits per heavy atom. The first-order chi connectivity index (χ1) is 19.5. The molecule has 0 bridgehead atoms. The number of methoxy groups -OCH3 is 4. The molecule has 0 radical (unpaired) electrons. The summed E-state index contributed by atoms with van der Waals surface area (Å²) in [5, 5.41) is 9.74. The summed E-state index contributed by atoms with van der Waals surface area (Å²) in [6.07, 6.45) is 1.66. The average molecular weight is 561 g/mol. The minimum atomic E-state index is -0.477. The van der Waals surface area contributed by atoms with Crippen LogP contribution in [-0.4, -0.2) is 60.6 Å². The molecule has 0 unspecified atom stereocenters. The summed E-state index contributed by atoms with van der Waals surface area (Å²) in [6.45, 7) is 1.98. The second kappa shape index (κ2) is 11.7. The number of thioether (sulfide) groups is 1. The first kappa shape index (κ1) is 27.1. The Morgan fingerprint density at radius 2 is 1.62 bits per heavy atom. The number of fused-ring (bicyclic) bond motifs is 2. The summed E-state index contributed by atoms with van der Waals surface area (Å²) in [7, 11) is 6.28. The topological polar surface area (TPSA) is 106 Å². The zero-order valence-corrected chi connectivity index (χ0v) is 23.6. The monoisotopic (exact) mass is 560 g/mol. The molecule has 0 aliphatic heterocycles. The maximum absolute atomic E-state index is 13.6. The van der Waals surface area contributed by atoms with E-state index in [9.17, 15) is 4.79 Å². The van der Waals surface area contributed by atoms with Crippen LogP contribution in [0.4, 0.5) is 0 Å². The Labute approximate surface area is 235 Å². The van der Waals surface area contributed by atoms with Gasteiger partial charge < -0.3 is 23.7 Å². The fourth-order valence-electron chi connectivity index (χ4n) is 4.54. The minimum Gasteiger partial charge on any atom is -0.493 e. The van der Waals surface area contributed by atoms with E-state index in [0.717, 1.165) is 16.2 Å². The molecule has 0 saturated carbocycles. The third-order valence-electron chi connectivity index (χ3n) is 6.37. The number of benzene rings is 2. The van der Waals surface area contributed by atoms with Crippen molar-refractivity contribution in [3.8, 4) is 34.1 Å². The third kappa shape index (κ3) is 4.95. The highest BCUT2D eigenvalue weighted by Gasteiger charge is 2.26. The van der Waals surface area contributed by atoms with Crippen LogP contribution in [0.5, 0.6) is 23.0 Å². The lowest BCUT2D eigenvalue weighted by Crippen LogP contribution is -2.12. The van der Waals surface area contributed by atoms with Crippen molar-refractivity contribution in [2.24, 2.45) is 0 Å². The molecular weight excluding hydrogens is 532 g/mol. The van der Waals surface area contributed by atoms with E-state index in [1.807, 2.05) is 46.9 Å². The zero-order chi connectivity index (χ0) is 28.2. The van der Waals surface area contributed by atoms with Gasteiger partial charge in [0.2, 0.25) is 0 Å². The molecule has 0 saturated heterocycles. The van der Waals surface area contributed by atoms with Crippen LogP contribution in [0, 0.1) is 0 Å². The summed E-state index contributed by atoms with van der Waals surface area (Å²) in [4.78, 5) is 18.6. The van der Waals surface area contributed by atoms with Crippen LogP contribution in [0.1, 0.15) is 23.0 Å². The summed E-state index contributed by atoms with van der Waals surface area (Å²) >= 11 is 1.51. The minimum absolute atomic E-state index is 0.209. The van der Waals surface area contributed by atoms with Crippen LogP contribution >= 0.6 is 11.8 Å². The van der Waals surface area contributed by atoms with Gasteiger partial charge in [0, 0.05) is 22.8 Å². The van der Waals surface area contributed by atoms with Gasteiger partial charge in [0.15, 0.2) is 28.6 Å². The second-order valence-corrected chi connectivity index (χ2v) is 9.53. The van der Waals surface area contributed by atoms with Crippen molar-refractivity contribution in [2.75, 3.05) is 35.0 Å². The number of ether oxygens (including phenoxy) is 5. The van der Waals surface area contributed by atoms with E-state index < -0.39 is 5.97 Å². The number of nitrogens with zero attached hydrogens (tertiary/aromatic N) is 4. The normalized spacial score (nSPS) is 11.0. The molecule has 40 heavy (non-hydrogen) atoms. The van der Waals surface area contributed by atoms with Crippen LogP contribution in [0.15, 0.2) is 59.9 Å². The van der Waals surface area contributed by atoms with Gasteiger partial charge in [-0.1, -0.05) is 12.1 Å². The van der Waals surface area contributed by atoms with E-state index >= 15 is 0 Å². The summed E-state index contributed by atoms with van der Waals surface area (Å²) in [5.74, 6) is 2.02. The van der Waals surface area contributed by atoms with E-state index in [-0.39, 0.29) is 6.61 Å². The molecule has 0 atom stereocenters. The zero-order valence-electron chi connectivity index (χ0n) is 22.8. The number of aromatic nitrogens is 4. The van der Waals surface area contributed by atoms with Crippen molar-refractivity contribution in [1.29, 1.82) is 0 Å². The predicted molar refractivity (Wildman–Crippen MR) is 152 cm³/mol. The fraction of sp³-hybridized carbons (Fsp3) is 0.241. The van der Waals surface area contributed by atoms with Crippen molar-refractivity contribution in [2.45, 2.75) is 17.7 Å². The number of hydrogen-bond acceptors (Lipinski definition) is 10. The maximum atomic E-state index is 13.6. The highest BCUT2D eigenvalue weighted by Crippen LogP contribution is 2.42. The van der Waals surface area contributed by atoms with Gasteiger partial charge in [0.05, 0.1) is 56.8 Å². The highest BCUT2D eigenvalue weighted by atomic mass is 32.2. The quantitative estimate of drug-likeness (QED) is 0.162. The Kier molecular flexibility index (Phi) is 7.92. The van der Waals surface area contributed by atoms with Crippen molar-refractivity contribution < 1.29 is 28.5 Å². The number of esters is 1. The number of rotatable bonds is 10. The molecule has 0 N–H and O–H groups in total. The molecule has 0 amide bonds. The Hall–Kier alpha value is -4.51. The van der Waals surface area contributed by atoms with Crippen molar-refractivity contribution >= 4 is 34.3 Å². The molecule has 0 fully saturated rings. The number of hydrogen-bond donors (Lipinski definition) is 0. The Bertz CT molecular complexity index is 1700. The lowest BCUT2D eigenvalue weighted by Gasteiger charge is -2.19. The third-order valence-corrected chi connectivity index (χ3v) is 7.42. The molecule has 5 rings (SSSR count). The molecular formula is C29H28N4O6S. The van der Waals surface area contributed by atoms with Crippen molar-refractivity contribution in [3.05, 3.63) is 66.1 Å². The second-order valence-electron chi connectivity index (χ2n) is 8.53. The maximum Gasteiger partial charge on any atom is 0.340 e. The fourth-order valence-corrected chi connectivity index (χ4v) is 5.49. The molecule has 3 aromatic heterocycles. The van der Waals surface area contributed by atoms with Gasteiger partial charge >= 0.3 is 5.97 Å². The lowest BCUT2D eigenvalue weighted by atomic mass is 9.93. The molecule has 0 aliphatic rings. The standard InChI is InChI=1S/C29H28N4O6S/c1-6-39-29(34)28-20(15-40-26-9-7-8-25-32-30-16-33(25)26)31-19-14-24(38-5)23(37-4)13-18(19)27(28)17-10-11-21(35-2)22(12-17)36-3/h7-14,16H,6,15H2,1-5H3. The highest BCUT2D eigenvalue weighted by molar-refractivity contribution is 7.98. The van der Waals surface area contributed by atoms with Gasteiger partial charge in [-0.2, -0.15) is 0 Å². The largest absolute Gasteiger partial charge is 0.493 e. The molecule has 0 aliphatic carbocycles.